The molecule has 0 bridgehead atoms. The van der Waals surface area contributed by atoms with Crippen molar-refractivity contribution >= 4 is 77.6 Å². The molecule has 1 spiro atoms. The Morgan fingerprint density at radius 1 is 0.288 bits per heavy atom. The fraction of sp³-hybridized carbons (Fsp3) is 0.0159. The highest BCUT2D eigenvalue weighted by molar-refractivity contribution is 6.19. The molecule has 3 heteroatoms. The summed E-state index contributed by atoms with van der Waals surface area (Å²) in [6.07, 6.45) is 0. The normalized spacial score (nSPS) is 13.0. The van der Waals surface area contributed by atoms with Crippen molar-refractivity contribution in [2.24, 2.45) is 0 Å². The molecule has 0 atom stereocenters. The number of nitrogens with zero attached hydrogens (tertiary/aromatic N) is 2. The van der Waals surface area contributed by atoms with Crippen LogP contribution in [0.5, 0.6) is 0 Å². The van der Waals surface area contributed by atoms with Crippen LogP contribution in [0.25, 0.3) is 65.7 Å². The van der Waals surface area contributed by atoms with Crippen LogP contribution < -0.4 is 9.80 Å². The second kappa shape index (κ2) is 14.2. The molecular formula is C63H40N2O. The fourth-order valence-corrected chi connectivity index (χ4v) is 11.5. The van der Waals surface area contributed by atoms with Crippen molar-refractivity contribution < 1.29 is 4.42 Å². The smallest absolute Gasteiger partial charge is 0.136 e. The molecule has 0 unspecified atom stereocenters. The highest BCUT2D eigenvalue weighted by atomic mass is 16.3. The average Bonchev–Trinajstić information content (AvgIpc) is 4.00. The monoisotopic (exact) mass is 840 g/mol. The van der Waals surface area contributed by atoms with Crippen LogP contribution in [0, 0.1) is 0 Å². The van der Waals surface area contributed by atoms with Crippen molar-refractivity contribution in [2.45, 2.75) is 5.41 Å². The Balaban J connectivity index is 1.13. The van der Waals surface area contributed by atoms with Gasteiger partial charge >= 0.3 is 0 Å². The lowest BCUT2D eigenvalue weighted by molar-refractivity contribution is 0.669. The Labute approximate surface area is 382 Å². The van der Waals surface area contributed by atoms with E-state index in [4.69, 9.17) is 4.42 Å². The van der Waals surface area contributed by atoms with Crippen molar-refractivity contribution in [3.63, 3.8) is 0 Å². The molecule has 0 saturated carbocycles. The summed E-state index contributed by atoms with van der Waals surface area (Å²) < 4.78 is 6.77. The van der Waals surface area contributed by atoms with Gasteiger partial charge in [0.15, 0.2) is 0 Å². The van der Waals surface area contributed by atoms with E-state index in [1.165, 1.54) is 66.1 Å². The van der Waals surface area contributed by atoms with E-state index in [-0.39, 0.29) is 0 Å². The standard InChI is InChI=1S/C63H40N2O/c1-5-19-43(20-6-1)64(44-21-7-2-8-22-44)47-34-33-41-36-54-57(37-42(41)35-47)63(55-30-16-13-27-48(55)49-28-14-17-31-56(49)63)58-40-59(65(45-23-9-3-10-24-45)46-25-11-4-12-26-46)51-38-52-50-29-15-18-32-60(50)66-61(52)39-53(51)62(54)58/h1-40H. The summed E-state index contributed by atoms with van der Waals surface area (Å²) in [5, 5.41) is 6.94. The van der Waals surface area contributed by atoms with Gasteiger partial charge < -0.3 is 14.2 Å². The van der Waals surface area contributed by atoms with E-state index in [9.17, 15) is 0 Å². The number of hydrogen-bond donors (Lipinski definition) is 0. The molecule has 12 aromatic rings. The van der Waals surface area contributed by atoms with Gasteiger partial charge in [-0.1, -0.05) is 146 Å². The molecule has 0 fully saturated rings. The number of para-hydroxylation sites is 5. The third kappa shape index (κ3) is 5.20. The number of rotatable bonds is 6. The number of benzene rings is 11. The van der Waals surface area contributed by atoms with Crippen molar-refractivity contribution in [1.82, 2.24) is 0 Å². The van der Waals surface area contributed by atoms with E-state index >= 15 is 0 Å². The minimum Gasteiger partial charge on any atom is -0.456 e. The van der Waals surface area contributed by atoms with Gasteiger partial charge in [-0.25, -0.2) is 0 Å². The number of hydrogen-bond acceptors (Lipinski definition) is 3. The van der Waals surface area contributed by atoms with Gasteiger partial charge in [-0.3, -0.25) is 0 Å². The summed E-state index contributed by atoms with van der Waals surface area (Å²) in [5.41, 5.74) is 18.0. The van der Waals surface area contributed by atoms with E-state index in [0.717, 1.165) is 56.1 Å². The van der Waals surface area contributed by atoms with Crippen molar-refractivity contribution in [2.75, 3.05) is 9.80 Å². The predicted molar refractivity (Wildman–Crippen MR) is 274 cm³/mol. The lowest BCUT2D eigenvalue weighted by Gasteiger charge is -2.33. The number of anilines is 6. The third-order valence-corrected chi connectivity index (χ3v) is 14.2. The minimum atomic E-state index is -0.620. The molecule has 0 amide bonds. The molecule has 0 aliphatic heterocycles. The first-order valence-corrected chi connectivity index (χ1v) is 22.7. The molecule has 0 N–H and O–H groups in total. The first-order chi connectivity index (χ1) is 32.7. The van der Waals surface area contributed by atoms with Crippen LogP contribution in [0.2, 0.25) is 0 Å². The van der Waals surface area contributed by atoms with E-state index < -0.39 is 5.41 Å². The topological polar surface area (TPSA) is 19.6 Å². The molecule has 14 rings (SSSR count). The Hall–Kier alpha value is -8.66. The zero-order valence-corrected chi connectivity index (χ0v) is 35.9. The molecule has 308 valence electrons. The Morgan fingerprint density at radius 3 is 1.45 bits per heavy atom. The molecule has 66 heavy (non-hydrogen) atoms. The van der Waals surface area contributed by atoms with Gasteiger partial charge in [0.05, 0.1) is 11.1 Å². The first kappa shape index (κ1) is 36.8. The van der Waals surface area contributed by atoms with Crippen LogP contribution >= 0.6 is 0 Å². The molecule has 0 saturated heterocycles. The summed E-state index contributed by atoms with van der Waals surface area (Å²) in [7, 11) is 0. The van der Waals surface area contributed by atoms with Crippen LogP contribution in [0.3, 0.4) is 0 Å². The van der Waals surface area contributed by atoms with Gasteiger partial charge in [0, 0.05) is 44.6 Å². The Morgan fingerprint density at radius 2 is 0.833 bits per heavy atom. The highest BCUT2D eigenvalue weighted by Gasteiger charge is 2.52. The minimum absolute atomic E-state index is 0.620. The molecule has 1 aromatic heterocycles. The lowest BCUT2D eigenvalue weighted by atomic mass is 9.70. The zero-order chi connectivity index (χ0) is 43.3. The molecule has 3 nitrogen and oxygen atoms in total. The quantitative estimate of drug-likeness (QED) is 0.166. The van der Waals surface area contributed by atoms with Gasteiger partial charge in [-0.15, -0.1) is 0 Å². The number of fused-ring (bicyclic) bond motifs is 16. The van der Waals surface area contributed by atoms with Crippen LogP contribution in [-0.4, -0.2) is 0 Å². The molecular weight excluding hydrogens is 801 g/mol. The van der Waals surface area contributed by atoms with Gasteiger partial charge in [0.25, 0.3) is 0 Å². The molecule has 11 aromatic carbocycles. The third-order valence-electron chi connectivity index (χ3n) is 14.2. The molecule has 0 radical (unpaired) electrons. The summed E-state index contributed by atoms with van der Waals surface area (Å²) in [6, 6.07) is 88.9. The fourth-order valence-electron chi connectivity index (χ4n) is 11.5. The van der Waals surface area contributed by atoms with Crippen molar-refractivity contribution in [3.8, 4) is 22.3 Å². The molecule has 2 aliphatic rings. The number of furan rings is 1. The lowest BCUT2D eigenvalue weighted by Crippen LogP contribution is -2.26. The maximum absolute atomic E-state index is 6.77. The van der Waals surface area contributed by atoms with E-state index in [2.05, 4.69) is 252 Å². The van der Waals surface area contributed by atoms with Crippen LogP contribution in [-0.2, 0) is 5.41 Å². The van der Waals surface area contributed by atoms with Crippen molar-refractivity contribution in [3.05, 3.63) is 265 Å². The maximum Gasteiger partial charge on any atom is 0.136 e. The summed E-state index contributed by atoms with van der Waals surface area (Å²) in [5.74, 6) is 0. The average molecular weight is 841 g/mol. The van der Waals surface area contributed by atoms with Gasteiger partial charge in [-0.05, 0) is 158 Å². The van der Waals surface area contributed by atoms with Gasteiger partial charge in [0.2, 0.25) is 0 Å². The second-order valence-electron chi connectivity index (χ2n) is 17.6. The largest absolute Gasteiger partial charge is 0.456 e. The van der Waals surface area contributed by atoms with Crippen LogP contribution in [0.15, 0.2) is 247 Å². The van der Waals surface area contributed by atoms with E-state index in [1.54, 1.807) is 0 Å². The first-order valence-electron chi connectivity index (χ1n) is 22.7. The predicted octanol–water partition coefficient (Wildman–Crippen LogP) is 17.2. The summed E-state index contributed by atoms with van der Waals surface area (Å²) >= 11 is 0. The van der Waals surface area contributed by atoms with E-state index in [0.29, 0.717) is 0 Å². The van der Waals surface area contributed by atoms with Crippen LogP contribution in [0.4, 0.5) is 34.1 Å². The summed E-state index contributed by atoms with van der Waals surface area (Å²) in [6.45, 7) is 0. The molecule has 1 heterocycles. The SMILES string of the molecule is c1ccc(N(c2ccccc2)c2ccc3cc4c(cc3c2)C2(c3ccccc3-c3ccccc32)c2cc(N(c3ccccc3)c3ccccc3)c3cc5c(cc3c2-4)oc2ccccc25)cc1. The Bertz CT molecular complexity index is 3750. The molecule has 2 aliphatic carbocycles. The van der Waals surface area contributed by atoms with Gasteiger partial charge in [0.1, 0.15) is 11.2 Å². The second-order valence-corrected chi connectivity index (χ2v) is 17.6. The summed E-state index contributed by atoms with van der Waals surface area (Å²) in [4.78, 5) is 4.81. The van der Waals surface area contributed by atoms with Gasteiger partial charge in [-0.2, -0.15) is 0 Å². The highest BCUT2D eigenvalue weighted by Crippen LogP contribution is 2.65. The zero-order valence-electron chi connectivity index (χ0n) is 35.9. The van der Waals surface area contributed by atoms with Crippen LogP contribution in [0.1, 0.15) is 22.3 Å². The van der Waals surface area contributed by atoms with E-state index in [1.807, 2.05) is 0 Å². The van der Waals surface area contributed by atoms with Crippen molar-refractivity contribution in [1.29, 1.82) is 0 Å². The Kier molecular flexibility index (Phi) is 7.90. The maximum atomic E-state index is 6.77.